The van der Waals surface area contributed by atoms with Crippen molar-refractivity contribution in [2.75, 3.05) is 7.11 Å². The Bertz CT molecular complexity index is 438. The van der Waals surface area contributed by atoms with Gasteiger partial charge in [-0.1, -0.05) is 12.6 Å². The first-order valence-electron chi connectivity index (χ1n) is 4.65. The Morgan fingerprint density at radius 1 is 1.44 bits per heavy atom. The SMILES string of the molecule is C=CC(=O)OC.Cc1ccc(C(=O)O)c(O)c1.[H-].[H-].[Mg+2]. The summed E-state index contributed by atoms with van der Waals surface area (Å²) in [6.07, 6.45) is 1.11. The van der Waals surface area contributed by atoms with Gasteiger partial charge in [0, 0.05) is 6.08 Å². The van der Waals surface area contributed by atoms with Crippen LogP contribution in [0.4, 0.5) is 0 Å². The number of aryl methyl sites for hydroxylation is 1. The van der Waals surface area contributed by atoms with Crippen molar-refractivity contribution in [3.63, 3.8) is 0 Å². The summed E-state index contributed by atoms with van der Waals surface area (Å²) in [4.78, 5) is 20.2. The van der Waals surface area contributed by atoms with E-state index in [0.717, 1.165) is 11.6 Å². The first-order valence-corrected chi connectivity index (χ1v) is 4.65. The number of aromatic carboxylic acids is 1. The van der Waals surface area contributed by atoms with Crippen LogP contribution in [0.5, 0.6) is 5.75 Å². The van der Waals surface area contributed by atoms with Crippen molar-refractivity contribution >= 4 is 35.0 Å². The molecule has 96 valence electrons. The number of aromatic hydroxyl groups is 1. The molecule has 0 amide bonds. The molecule has 0 unspecified atom stereocenters. The van der Waals surface area contributed by atoms with Crippen molar-refractivity contribution in [2.24, 2.45) is 0 Å². The topological polar surface area (TPSA) is 83.8 Å². The van der Waals surface area contributed by atoms with Gasteiger partial charge < -0.3 is 17.8 Å². The second-order valence-electron chi connectivity index (χ2n) is 3.05. The van der Waals surface area contributed by atoms with E-state index in [2.05, 4.69) is 11.3 Å². The molecule has 0 heterocycles. The number of benzene rings is 1. The number of methoxy groups -OCH3 is 1. The molecule has 0 aliphatic carbocycles. The van der Waals surface area contributed by atoms with E-state index in [0.29, 0.717) is 0 Å². The maximum Gasteiger partial charge on any atom is 2.00 e. The normalized spacial score (nSPS) is 8.11. The minimum atomic E-state index is -1.11. The molecule has 5 nitrogen and oxygen atoms in total. The van der Waals surface area contributed by atoms with Gasteiger partial charge in [0.05, 0.1) is 7.11 Å². The molecule has 0 spiro atoms. The zero-order valence-corrected chi connectivity index (χ0v) is 11.8. The van der Waals surface area contributed by atoms with Gasteiger partial charge in [-0.05, 0) is 24.6 Å². The molecule has 0 fully saturated rings. The Labute approximate surface area is 124 Å². The number of carboxylic acids is 1. The molecule has 2 N–H and O–H groups in total. The molecular weight excluding hydrogens is 248 g/mol. The number of ether oxygens (including phenoxy) is 1. The number of carbonyl (C=O) groups excluding carboxylic acids is 1. The number of hydrogen-bond donors (Lipinski definition) is 2. The van der Waals surface area contributed by atoms with Crippen molar-refractivity contribution < 1.29 is 27.4 Å². The van der Waals surface area contributed by atoms with Crippen molar-refractivity contribution in [3.05, 3.63) is 42.0 Å². The van der Waals surface area contributed by atoms with Crippen LogP contribution in [-0.2, 0) is 9.53 Å². The zero-order chi connectivity index (χ0) is 13.4. The summed E-state index contributed by atoms with van der Waals surface area (Å²) in [7, 11) is 1.31. The Hall–Kier alpha value is -1.53. The van der Waals surface area contributed by atoms with Crippen molar-refractivity contribution in [1.29, 1.82) is 0 Å². The van der Waals surface area contributed by atoms with Crippen LogP contribution in [0.25, 0.3) is 0 Å². The van der Waals surface area contributed by atoms with Gasteiger partial charge in [0.15, 0.2) is 0 Å². The molecule has 1 aromatic rings. The van der Waals surface area contributed by atoms with E-state index in [-0.39, 0.29) is 37.2 Å². The molecule has 0 aliphatic heterocycles. The quantitative estimate of drug-likeness (QED) is 0.481. The monoisotopic (exact) mass is 264 g/mol. The summed E-state index contributed by atoms with van der Waals surface area (Å²) in [5, 5.41) is 17.6. The average Bonchev–Trinajstić information content (AvgIpc) is 2.28. The molecule has 0 radical (unpaired) electrons. The van der Waals surface area contributed by atoms with Crippen molar-refractivity contribution in [2.45, 2.75) is 6.92 Å². The maximum absolute atomic E-state index is 10.4. The van der Waals surface area contributed by atoms with Crippen LogP contribution < -0.4 is 0 Å². The Kier molecular flexibility index (Phi) is 9.92. The van der Waals surface area contributed by atoms with Crippen LogP contribution in [0.2, 0.25) is 0 Å². The van der Waals surface area contributed by atoms with Crippen LogP contribution in [-0.4, -0.2) is 52.3 Å². The largest absolute Gasteiger partial charge is 2.00 e. The molecule has 0 atom stereocenters. The summed E-state index contributed by atoms with van der Waals surface area (Å²) in [6.45, 7) is 4.94. The first-order chi connectivity index (χ1) is 7.92. The van der Waals surface area contributed by atoms with E-state index in [9.17, 15) is 9.59 Å². The predicted octanol–water partition coefficient (Wildman–Crippen LogP) is 1.59. The van der Waals surface area contributed by atoms with Gasteiger partial charge in [-0.15, -0.1) is 0 Å². The second kappa shape index (κ2) is 9.49. The van der Waals surface area contributed by atoms with Crippen LogP contribution in [0.15, 0.2) is 30.9 Å². The number of esters is 1. The van der Waals surface area contributed by atoms with Crippen LogP contribution in [0.1, 0.15) is 18.8 Å². The summed E-state index contributed by atoms with van der Waals surface area (Å²) in [5.41, 5.74) is 0.781. The van der Waals surface area contributed by atoms with E-state index in [1.165, 1.54) is 19.2 Å². The fourth-order valence-corrected chi connectivity index (χ4v) is 0.906. The third kappa shape index (κ3) is 6.92. The molecule has 1 aromatic carbocycles. The standard InChI is InChI=1S/C8H8O3.C4H6O2.Mg.2H/c1-5-2-3-6(8(10)11)7(9)4-5;1-3-4(5)6-2;;;/h2-4,9H,1H3,(H,10,11);3H,1H2,2H3;;;/q;;+2;2*-1. The van der Waals surface area contributed by atoms with E-state index in [4.69, 9.17) is 10.2 Å². The molecule has 0 aliphatic rings. The third-order valence-electron chi connectivity index (χ3n) is 1.75. The molecule has 0 saturated carbocycles. The number of hydrogen-bond acceptors (Lipinski definition) is 4. The van der Waals surface area contributed by atoms with Gasteiger partial charge >= 0.3 is 35.0 Å². The predicted molar refractivity (Wildman–Crippen MR) is 70.0 cm³/mol. The van der Waals surface area contributed by atoms with Gasteiger partial charge in [-0.25, -0.2) is 9.59 Å². The van der Waals surface area contributed by atoms with Gasteiger partial charge in [0.1, 0.15) is 11.3 Å². The Morgan fingerprint density at radius 2 is 2.00 bits per heavy atom. The smallest absolute Gasteiger partial charge is 1.00 e. The number of phenols is 1. The van der Waals surface area contributed by atoms with E-state index < -0.39 is 11.9 Å². The number of carboxylic acid groups (broad SMARTS) is 1. The molecule has 0 aromatic heterocycles. The molecule has 1 rings (SSSR count). The summed E-state index contributed by atoms with van der Waals surface area (Å²) in [5.74, 6) is -1.69. The van der Waals surface area contributed by atoms with Crippen molar-refractivity contribution in [3.8, 4) is 5.75 Å². The van der Waals surface area contributed by atoms with Crippen molar-refractivity contribution in [1.82, 2.24) is 0 Å². The van der Waals surface area contributed by atoms with E-state index in [1.54, 1.807) is 13.0 Å². The molecule has 6 heteroatoms. The fourth-order valence-electron chi connectivity index (χ4n) is 0.906. The number of carbonyl (C=O) groups is 2. The summed E-state index contributed by atoms with van der Waals surface area (Å²) < 4.78 is 4.14. The average molecular weight is 265 g/mol. The maximum atomic E-state index is 10.4. The number of rotatable bonds is 2. The molecule has 0 bridgehead atoms. The Balaban J connectivity index is -0.000000126. The van der Waals surface area contributed by atoms with Crippen LogP contribution >= 0.6 is 0 Å². The van der Waals surface area contributed by atoms with Crippen LogP contribution in [0, 0.1) is 6.92 Å². The van der Waals surface area contributed by atoms with E-state index >= 15 is 0 Å². The first kappa shape index (κ1) is 18.8. The van der Waals surface area contributed by atoms with Gasteiger partial charge in [0.25, 0.3) is 0 Å². The van der Waals surface area contributed by atoms with Gasteiger partial charge in [-0.3, -0.25) is 0 Å². The van der Waals surface area contributed by atoms with Gasteiger partial charge in [-0.2, -0.15) is 0 Å². The van der Waals surface area contributed by atoms with Gasteiger partial charge in [0.2, 0.25) is 0 Å². The van der Waals surface area contributed by atoms with Crippen LogP contribution in [0.3, 0.4) is 0 Å². The molecule has 18 heavy (non-hydrogen) atoms. The zero-order valence-electron chi connectivity index (χ0n) is 12.3. The fraction of sp³-hybridized carbons (Fsp3) is 0.167. The minimum Gasteiger partial charge on any atom is -1.00 e. The molecule has 0 saturated heterocycles. The molecular formula is C12H16MgO5. The minimum absolute atomic E-state index is 0. The third-order valence-corrected chi connectivity index (χ3v) is 1.75. The second-order valence-corrected chi connectivity index (χ2v) is 3.05. The summed E-state index contributed by atoms with van der Waals surface area (Å²) in [6, 6.07) is 4.44. The van der Waals surface area contributed by atoms with E-state index in [1.807, 2.05) is 0 Å². The summed E-state index contributed by atoms with van der Waals surface area (Å²) >= 11 is 0. The Morgan fingerprint density at radius 3 is 2.28 bits per heavy atom.